The second-order valence-corrected chi connectivity index (χ2v) is 6.16. The number of nitrogens with one attached hydrogen (secondary N) is 1. The molecule has 2 atom stereocenters. The molecule has 2 unspecified atom stereocenters. The van der Waals surface area contributed by atoms with Gasteiger partial charge in [-0.05, 0) is 45.0 Å². The van der Waals surface area contributed by atoms with Crippen LogP contribution in [0.2, 0.25) is 5.02 Å². The minimum absolute atomic E-state index is 0. The van der Waals surface area contributed by atoms with Gasteiger partial charge >= 0.3 is 0 Å². The minimum Gasteiger partial charge on any atom is -0.353 e. The number of benzene rings is 1. The fraction of sp³-hybridized carbons (Fsp3) is 0.533. The highest BCUT2D eigenvalue weighted by Gasteiger charge is 2.31. The van der Waals surface area contributed by atoms with E-state index in [1.807, 2.05) is 0 Å². The Labute approximate surface area is 153 Å². The number of nitrogens with two attached hydrogens (primary N) is 1. The van der Waals surface area contributed by atoms with E-state index in [0.29, 0.717) is 12.5 Å². The zero-order valence-electron chi connectivity index (χ0n) is 13.1. The Hall–Kier alpha value is -0.590. The quantitative estimate of drug-likeness (QED) is 0.790. The van der Waals surface area contributed by atoms with Crippen LogP contribution in [0.15, 0.2) is 18.2 Å². The molecule has 1 aliphatic rings. The van der Waals surface area contributed by atoms with Gasteiger partial charge in [0.1, 0.15) is 11.9 Å². The van der Waals surface area contributed by atoms with Crippen LogP contribution in [0.3, 0.4) is 0 Å². The number of rotatable bonds is 6. The van der Waals surface area contributed by atoms with Crippen LogP contribution in [-0.4, -0.2) is 37.5 Å². The van der Waals surface area contributed by atoms with Crippen molar-refractivity contribution in [2.45, 2.75) is 24.9 Å². The van der Waals surface area contributed by atoms with E-state index in [-0.39, 0.29) is 47.3 Å². The van der Waals surface area contributed by atoms with Crippen LogP contribution in [-0.2, 0) is 4.79 Å². The molecule has 132 valence electrons. The van der Waals surface area contributed by atoms with Gasteiger partial charge in [0.15, 0.2) is 0 Å². The molecule has 0 radical (unpaired) electrons. The Morgan fingerprint density at radius 1 is 1.43 bits per heavy atom. The van der Waals surface area contributed by atoms with Gasteiger partial charge in [0.2, 0.25) is 5.91 Å². The normalized spacial score (nSPS) is 16.1. The van der Waals surface area contributed by atoms with Crippen molar-refractivity contribution >= 4 is 42.3 Å². The Balaban J connectivity index is 0.00000242. The number of hydrogen-bond donors (Lipinski definition) is 2. The summed E-state index contributed by atoms with van der Waals surface area (Å²) in [5.41, 5.74) is 6.17. The first kappa shape index (κ1) is 22.4. The van der Waals surface area contributed by atoms with Gasteiger partial charge in [-0.25, -0.2) is 4.39 Å². The molecule has 0 saturated heterocycles. The molecule has 0 spiro atoms. The third kappa shape index (κ3) is 5.76. The number of hydrogen-bond acceptors (Lipinski definition) is 3. The van der Waals surface area contributed by atoms with Crippen LogP contribution >= 0.6 is 36.4 Å². The van der Waals surface area contributed by atoms with Crippen molar-refractivity contribution in [1.82, 2.24) is 10.2 Å². The van der Waals surface area contributed by atoms with E-state index in [2.05, 4.69) is 5.32 Å². The second-order valence-electron chi connectivity index (χ2n) is 5.75. The maximum absolute atomic E-state index is 14.0. The monoisotopic (exact) mass is 385 g/mol. The van der Waals surface area contributed by atoms with Crippen molar-refractivity contribution in [1.29, 1.82) is 0 Å². The van der Waals surface area contributed by atoms with Gasteiger partial charge in [-0.2, -0.15) is 0 Å². The van der Waals surface area contributed by atoms with Crippen molar-refractivity contribution < 1.29 is 9.18 Å². The molecular weight excluding hydrogens is 364 g/mol. The molecule has 1 amide bonds. The molecule has 0 heterocycles. The summed E-state index contributed by atoms with van der Waals surface area (Å²) in [6, 6.07) is 3.60. The lowest BCUT2D eigenvalue weighted by Crippen LogP contribution is -2.43. The van der Waals surface area contributed by atoms with E-state index in [4.69, 9.17) is 17.3 Å². The summed E-state index contributed by atoms with van der Waals surface area (Å²) < 4.78 is 14.0. The summed E-state index contributed by atoms with van der Waals surface area (Å²) in [7, 11) is 3.43. The van der Waals surface area contributed by atoms with E-state index in [1.165, 1.54) is 12.1 Å². The molecule has 1 aliphatic carbocycles. The smallest absolute Gasteiger partial charge is 0.242 e. The topological polar surface area (TPSA) is 58.4 Å². The highest BCUT2D eigenvalue weighted by Crippen LogP contribution is 2.32. The SMILES string of the molecule is CN(C)C(C(=O)NCC(N)C1CC1)c1c(F)cccc1Cl.Cl.Cl. The molecule has 0 aromatic heterocycles. The standard InChI is InChI=1S/C15H21ClFN3O.2ClH/c1-20(2)14(13-10(16)4-3-5-11(13)17)15(21)19-8-12(18)9-6-7-9;;/h3-5,9,12,14H,6-8,18H2,1-2H3,(H,19,21);2*1H. The van der Waals surface area contributed by atoms with E-state index in [0.717, 1.165) is 12.8 Å². The second kappa shape index (κ2) is 9.64. The molecule has 0 bridgehead atoms. The van der Waals surface area contributed by atoms with E-state index >= 15 is 0 Å². The van der Waals surface area contributed by atoms with Crippen molar-refractivity contribution in [3.63, 3.8) is 0 Å². The molecule has 3 N–H and O–H groups in total. The molecule has 0 aliphatic heterocycles. The fourth-order valence-corrected chi connectivity index (χ4v) is 2.67. The first-order chi connectivity index (χ1) is 9.91. The van der Waals surface area contributed by atoms with Crippen molar-refractivity contribution in [2.24, 2.45) is 11.7 Å². The number of carbonyl (C=O) groups is 1. The van der Waals surface area contributed by atoms with Crippen molar-refractivity contribution in [2.75, 3.05) is 20.6 Å². The molecule has 2 rings (SSSR count). The predicted molar refractivity (Wildman–Crippen MR) is 96.0 cm³/mol. The molecule has 1 saturated carbocycles. The van der Waals surface area contributed by atoms with Gasteiger partial charge < -0.3 is 11.1 Å². The molecular formula is C15H23Cl3FN3O. The third-order valence-electron chi connectivity index (χ3n) is 3.78. The zero-order chi connectivity index (χ0) is 15.6. The van der Waals surface area contributed by atoms with E-state index < -0.39 is 11.9 Å². The van der Waals surface area contributed by atoms with Crippen molar-refractivity contribution in [3.8, 4) is 0 Å². The molecule has 1 fully saturated rings. The van der Waals surface area contributed by atoms with E-state index in [9.17, 15) is 9.18 Å². The number of likely N-dealkylation sites (N-methyl/N-ethyl adjacent to an activating group) is 1. The average molecular weight is 387 g/mol. The fourth-order valence-electron chi connectivity index (χ4n) is 2.40. The number of halogens is 4. The minimum atomic E-state index is -0.773. The van der Waals surface area contributed by atoms with Crippen LogP contribution in [0, 0.1) is 11.7 Å². The number of carbonyl (C=O) groups excluding carboxylic acids is 1. The van der Waals surface area contributed by atoms with Crippen LogP contribution < -0.4 is 11.1 Å². The first-order valence-electron chi connectivity index (χ1n) is 7.05. The van der Waals surface area contributed by atoms with Gasteiger partial charge in [-0.1, -0.05) is 17.7 Å². The highest BCUT2D eigenvalue weighted by atomic mass is 35.5. The predicted octanol–water partition coefficient (Wildman–Crippen LogP) is 2.78. The summed E-state index contributed by atoms with van der Waals surface area (Å²) in [6.07, 6.45) is 2.24. The zero-order valence-corrected chi connectivity index (χ0v) is 15.5. The largest absolute Gasteiger partial charge is 0.353 e. The molecule has 4 nitrogen and oxygen atoms in total. The van der Waals surface area contributed by atoms with Gasteiger partial charge in [0.25, 0.3) is 0 Å². The maximum atomic E-state index is 14.0. The molecule has 8 heteroatoms. The lowest BCUT2D eigenvalue weighted by molar-refractivity contribution is -0.125. The summed E-state index contributed by atoms with van der Waals surface area (Å²) in [5, 5.41) is 3.05. The Morgan fingerprint density at radius 2 is 2.04 bits per heavy atom. The molecule has 1 aromatic rings. The summed E-state index contributed by atoms with van der Waals surface area (Å²) in [5.74, 6) is -0.272. The Bertz CT molecular complexity index is 506. The van der Waals surface area contributed by atoms with Gasteiger partial charge in [-0.15, -0.1) is 24.8 Å². The van der Waals surface area contributed by atoms with Gasteiger partial charge in [-0.3, -0.25) is 9.69 Å². The number of amides is 1. The number of nitrogens with zero attached hydrogens (tertiary/aromatic N) is 1. The summed E-state index contributed by atoms with van der Waals surface area (Å²) in [4.78, 5) is 14.0. The van der Waals surface area contributed by atoms with E-state index in [1.54, 1.807) is 25.1 Å². The molecule has 1 aromatic carbocycles. The lowest BCUT2D eigenvalue weighted by atomic mass is 10.0. The summed E-state index contributed by atoms with van der Waals surface area (Å²) in [6.45, 7) is 0.403. The lowest BCUT2D eigenvalue weighted by Gasteiger charge is -2.25. The van der Waals surface area contributed by atoms with Crippen LogP contribution in [0.1, 0.15) is 24.4 Å². The van der Waals surface area contributed by atoms with Gasteiger partial charge in [0, 0.05) is 23.2 Å². The first-order valence-corrected chi connectivity index (χ1v) is 7.43. The summed E-state index contributed by atoms with van der Waals surface area (Å²) >= 11 is 6.06. The van der Waals surface area contributed by atoms with Crippen LogP contribution in [0.25, 0.3) is 0 Å². The van der Waals surface area contributed by atoms with Crippen molar-refractivity contribution in [3.05, 3.63) is 34.6 Å². The van der Waals surface area contributed by atoms with Gasteiger partial charge in [0.05, 0.1) is 0 Å². The maximum Gasteiger partial charge on any atom is 0.242 e. The Kier molecular flexibility index (Phi) is 9.40. The average Bonchev–Trinajstić information content (AvgIpc) is 3.24. The van der Waals surface area contributed by atoms with Crippen LogP contribution in [0.4, 0.5) is 4.39 Å². The third-order valence-corrected chi connectivity index (χ3v) is 4.11. The molecule has 23 heavy (non-hydrogen) atoms. The van der Waals surface area contributed by atoms with Crippen LogP contribution in [0.5, 0.6) is 0 Å². The highest BCUT2D eigenvalue weighted by molar-refractivity contribution is 6.31. The Morgan fingerprint density at radius 3 is 2.52 bits per heavy atom.